The number of amides is 3. The second-order valence-corrected chi connectivity index (χ2v) is 34.0. The molecule has 14 rings (SSSR count). The standard InChI is InChI=1S/2C28H27N3O3S.C27H27N3O4S2.C13H15N3O2S.BrH/c2*1-2-23-19-35-28(29-23)26(18-21-13-15-24(16-14-21)31(33)34)30-27(32)25(22-11-7-4-8-12-22)17-20-9-5-3-6-10-20;1-2-22-18-35-27(28-22)24(17-19-13-15-23(16-14-19)30-36(32,33)34)29-26(31)25(20-9-5-3-6-10-20)21-11-7-4-8-12-21;1-2-10-8-19-13(15-10)12(14)7-9-3-5-11(6-4-9)16(17)18;/h2*3-16,19,25-26H,2,17-18H2,1H3,(H,30,32);3-16,18,24-25,30H,2,17H2,1H3,(H,29,31)(H,32,33,34);3-6,8,12H,2,7,14H2,1H3;1H/t2*25?,26-;24-;12-;/m0000./s1. The molecule has 6 atom stereocenters. The molecule has 2 unspecified atom stereocenters. The lowest BCUT2D eigenvalue weighted by atomic mass is 9.90. The zero-order chi connectivity index (χ0) is 88.6. The first-order valence-corrected chi connectivity index (χ1v) is 45.7. The SMILES string of the molecule is Br.CCc1csc([C@@H](N)Cc2ccc([N+](=O)[O-])cc2)n1.CCc1csc([C@H](Cc2ccc(NS(=O)(=O)O)cc2)NC(=O)C(c2ccccc2)c2ccccc2)n1.CCc1csc([C@H](Cc2ccc([N+](=O)[O-])cc2)NC(=O)C(Cc2ccccc2)c2ccccc2)n1.CCc1csc([C@H](Cc2ccc([N+](=O)[O-])cc2)NC(=O)C(Cc2ccccc2)c2ccccc2)n1. The minimum Gasteiger partial charge on any atom is -0.346 e. The van der Waals surface area contributed by atoms with Gasteiger partial charge in [0.05, 0.1) is 85.2 Å². The van der Waals surface area contributed by atoms with Gasteiger partial charge >= 0.3 is 10.3 Å². The number of nitro groups is 3. The highest BCUT2D eigenvalue weighted by molar-refractivity contribution is 8.93. The van der Waals surface area contributed by atoms with Gasteiger partial charge in [-0.3, -0.25) is 54.0 Å². The lowest BCUT2D eigenvalue weighted by Gasteiger charge is -2.23. The van der Waals surface area contributed by atoms with Gasteiger partial charge in [0.25, 0.3) is 17.1 Å². The Morgan fingerprint density at radius 1 is 0.357 bits per heavy atom. The molecule has 14 aromatic rings. The Balaban J connectivity index is 0.000000179. The quantitative estimate of drug-likeness (QED) is 0.0122. The number of aromatic nitrogens is 4. The highest BCUT2D eigenvalue weighted by Gasteiger charge is 2.31. The van der Waals surface area contributed by atoms with Crippen molar-refractivity contribution in [2.75, 3.05) is 4.72 Å². The van der Waals surface area contributed by atoms with Crippen LogP contribution in [0.3, 0.4) is 0 Å². The van der Waals surface area contributed by atoms with E-state index in [1.807, 2.05) is 229 Å². The molecule has 0 saturated carbocycles. The van der Waals surface area contributed by atoms with Crippen molar-refractivity contribution in [3.8, 4) is 0 Å². The molecular weight excluding hydrogens is 1750 g/mol. The predicted molar refractivity (Wildman–Crippen MR) is 505 cm³/mol. The predicted octanol–water partition coefficient (Wildman–Crippen LogP) is 20.7. The lowest BCUT2D eigenvalue weighted by Crippen LogP contribution is -2.35. The Morgan fingerprint density at radius 3 is 0.897 bits per heavy atom. The molecule has 0 bridgehead atoms. The van der Waals surface area contributed by atoms with Crippen molar-refractivity contribution in [2.45, 2.75) is 134 Å². The van der Waals surface area contributed by atoms with Crippen LogP contribution in [0.15, 0.2) is 301 Å². The third-order valence-electron chi connectivity index (χ3n) is 20.4. The van der Waals surface area contributed by atoms with E-state index >= 15 is 0 Å². The molecule has 0 aliphatic heterocycles. The second kappa shape index (κ2) is 48.1. The van der Waals surface area contributed by atoms with E-state index in [2.05, 4.69) is 27.9 Å². The summed E-state index contributed by atoms with van der Waals surface area (Å²) in [4.78, 5) is 91.3. The summed E-state index contributed by atoms with van der Waals surface area (Å²) in [5.74, 6) is -1.47. The fraction of sp³-hybridized carbons (Fsp3) is 0.219. The zero-order valence-electron chi connectivity index (χ0n) is 69.6. The Morgan fingerprint density at radius 2 is 0.611 bits per heavy atom. The minimum atomic E-state index is -4.35. The number of hydrogen-bond donors (Lipinski definition) is 6. The van der Waals surface area contributed by atoms with Gasteiger partial charge in [0, 0.05) is 57.9 Å². The van der Waals surface area contributed by atoms with E-state index in [-0.39, 0.29) is 93.5 Å². The molecule has 7 N–H and O–H groups in total. The van der Waals surface area contributed by atoms with E-state index in [0.29, 0.717) is 38.5 Å². The summed E-state index contributed by atoms with van der Waals surface area (Å²) in [6.45, 7) is 8.19. The number of nitrogens with zero attached hydrogens (tertiary/aromatic N) is 7. The van der Waals surface area contributed by atoms with Crippen LogP contribution < -0.4 is 26.4 Å². The van der Waals surface area contributed by atoms with Crippen LogP contribution in [0.5, 0.6) is 0 Å². The lowest BCUT2D eigenvalue weighted by molar-refractivity contribution is -0.385. The van der Waals surface area contributed by atoms with Crippen molar-refractivity contribution in [1.82, 2.24) is 35.9 Å². The molecule has 126 heavy (non-hydrogen) atoms. The summed E-state index contributed by atoms with van der Waals surface area (Å²) in [7, 11) is -4.35. The number of anilines is 1. The number of nitro benzene ring substituents is 3. The van der Waals surface area contributed by atoms with Crippen LogP contribution >= 0.6 is 62.3 Å². The molecule has 24 nitrogen and oxygen atoms in total. The summed E-state index contributed by atoms with van der Waals surface area (Å²) in [6, 6.07) is 83.8. The molecule has 30 heteroatoms. The molecular formula is C96H97BrN12O12S5. The van der Waals surface area contributed by atoms with Crippen LogP contribution in [0.1, 0.15) is 168 Å². The number of hydrogen-bond acceptors (Lipinski definition) is 20. The van der Waals surface area contributed by atoms with Gasteiger partial charge in [-0.1, -0.05) is 258 Å². The zero-order valence-corrected chi connectivity index (χ0v) is 75.4. The maximum Gasteiger partial charge on any atom is 0.357 e. The Kier molecular flexibility index (Phi) is 36.5. The molecule has 0 aliphatic rings. The summed E-state index contributed by atoms with van der Waals surface area (Å²) in [5, 5.41) is 53.8. The number of carbonyl (C=O) groups is 3. The molecule has 650 valence electrons. The summed E-state index contributed by atoms with van der Waals surface area (Å²) in [6.07, 6.45) is 6.58. The van der Waals surface area contributed by atoms with Crippen LogP contribution in [-0.4, -0.2) is 65.4 Å². The molecule has 4 heterocycles. The number of aryl methyl sites for hydroxylation is 4. The molecule has 0 saturated heterocycles. The van der Waals surface area contributed by atoms with E-state index in [1.54, 1.807) is 72.0 Å². The summed E-state index contributed by atoms with van der Waals surface area (Å²) >= 11 is 6.13. The molecule has 3 amide bonds. The van der Waals surface area contributed by atoms with E-state index in [1.165, 1.54) is 70.4 Å². The first-order chi connectivity index (χ1) is 60.5. The van der Waals surface area contributed by atoms with Crippen molar-refractivity contribution in [3.63, 3.8) is 0 Å². The average molecular weight is 1850 g/mol. The minimum absolute atomic E-state index is 0. The van der Waals surface area contributed by atoms with E-state index in [0.717, 1.165) is 124 Å². The van der Waals surface area contributed by atoms with Gasteiger partial charge in [-0.15, -0.1) is 62.3 Å². The highest BCUT2D eigenvalue weighted by Crippen LogP contribution is 2.34. The smallest absolute Gasteiger partial charge is 0.346 e. The van der Waals surface area contributed by atoms with E-state index < -0.39 is 31.0 Å². The Labute approximate surface area is 759 Å². The van der Waals surface area contributed by atoms with Crippen LogP contribution in [0, 0.1) is 30.3 Å². The average Bonchev–Trinajstić information content (AvgIpc) is 1.42. The third-order valence-corrected chi connectivity index (χ3v) is 25.0. The molecule has 0 spiro atoms. The number of non-ortho nitro benzene ring substituents is 3. The van der Waals surface area contributed by atoms with Crippen molar-refractivity contribution in [3.05, 3.63) is 429 Å². The van der Waals surface area contributed by atoms with E-state index in [9.17, 15) is 53.1 Å². The molecule has 10 aromatic carbocycles. The van der Waals surface area contributed by atoms with Gasteiger partial charge in [0.1, 0.15) is 20.0 Å². The third kappa shape index (κ3) is 29.0. The fourth-order valence-corrected chi connectivity index (χ4v) is 17.9. The van der Waals surface area contributed by atoms with Crippen LogP contribution in [-0.2, 0) is 88.9 Å². The highest BCUT2D eigenvalue weighted by atomic mass is 79.9. The van der Waals surface area contributed by atoms with E-state index in [4.69, 9.17) is 25.2 Å². The second-order valence-electron chi connectivity index (χ2n) is 29.3. The van der Waals surface area contributed by atoms with Gasteiger partial charge < -0.3 is 21.7 Å². The number of nitrogens with two attached hydrogens (primary N) is 1. The number of benzene rings is 10. The first kappa shape index (κ1) is 95.7. The summed E-state index contributed by atoms with van der Waals surface area (Å²) < 4.78 is 33.2. The first-order valence-electron chi connectivity index (χ1n) is 40.7. The largest absolute Gasteiger partial charge is 0.357 e. The summed E-state index contributed by atoms with van der Waals surface area (Å²) in [5.41, 5.74) is 20.1. The van der Waals surface area contributed by atoms with Gasteiger partial charge in [-0.25, -0.2) is 19.9 Å². The number of halogens is 1. The number of nitrogens with one attached hydrogen (secondary N) is 4. The maximum atomic E-state index is 13.8. The van der Waals surface area contributed by atoms with Crippen LogP contribution in [0.25, 0.3) is 0 Å². The molecule has 4 aromatic heterocycles. The number of thiazole rings is 4. The normalized spacial score (nSPS) is 12.4. The van der Waals surface area contributed by atoms with Crippen molar-refractivity contribution >= 4 is 113 Å². The van der Waals surface area contributed by atoms with Crippen molar-refractivity contribution < 1.29 is 42.1 Å². The van der Waals surface area contributed by atoms with Gasteiger partial charge in [0.2, 0.25) is 17.7 Å². The van der Waals surface area contributed by atoms with Gasteiger partial charge in [0.15, 0.2) is 0 Å². The van der Waals surface area contributed by atoms with Gasteiger partial charge in [-0.2, -0.15) is 8.42 Å². The number of carbonyl (C=O) groups excluding carboxylic acids is 3. The number of rotatable bonds is 35. The monoisotopic (exact) mass is 1850 g/mol. The molecule has 0 fully saturated rings. The fourth-order valence-electron chi connectivity index (χ4n) is 13.7. The Bertz CT molecular complexity index is 5650. The van der Waals surface area contributed by atoms with Crippen LogP contribution in [0.4, 0.5) is 22.7 Å². The van der Waals surface area contributed by atoms with Gasteiger partial charge in [-0.05, 0) is 132 Å². The Hall–Kier alpha value is -12.5. The maximum absolute atomic E-state index is 13.8. The molecule has 0 radical (unpaired) electrons. The topological polar surface area (TPSA) is 361 Å². The molecule has 0 aliphatic carbocycles. The van der Waals surface area contributed by atoms with Crippen molar-refractivity contribution in [2.24, 2.45) is 5.73 Å². The van der Waals surface area contributed by atoms with Crippen LogP contribution in [0.2, 0.25) is 0 Å². The van der Waals surface area contributed by atoms with Crippen molar-refractivity contribution in [1.29, 1.82) is 0 Å².